The molecule has 0 amide bonds. The maximum atomic E-state index is 12.9. The van der Waals surface area contributed by atoms with Gasteiger partial charge in [0.1, 0.15) is 13.2 Å². The third-order valence-corrected chi connectivity index (χ3v) is 14.6. The second-order valence-corrected chi connectivity index (χ2v) is 22.3. The smallest absolute Gasteiger partial charge is 0.306 e. The summed E-state index contributed by atoms with van der Waals surface area (Å²) in [5.74, 6) is -0.892. The van der Waals surface area contributed by atoms with Gasteiger partial charge in [0.25, 0.3) is 0 Å². The molecule has 0 saturated carbocycles. The molecule has 0 rings (SSSR count). The number of hydrogen-bond donors (Lipinski definition) is 0. The van der Waals surface area contributed by atoms with Gasteiger partial charge in [0.05, 0.1) is 0 Å². The van der Waals surface area contributed by atoms with Gasteiger partial charge in [-0.15, -0.1) is 0 Å². The van der Waals surface area contributed by atoms with Crippen LogP contribution in [0.4, 0.5) is 0 Å². The number of rotatable bonds is 61. The van der Waals surface area contributed by atoms with Crippen molar-refractivity contribution in [2.45, 2.75) is 348 Å². The molecule has 0 saturated heterocycles. The van der Waals surface area contributed by atoms with E-state index in [1.807, 2.05) is 0 Å². The first-order chi connectivity index (χ1) is 38.0. The second-order valence-electron chi connectivity index (χ2n) is 22.3. The Bertz CT molecular complexity index is 1420. The zero-order valence-corrected chi connectivity index (χ0v) is 51.2. The fourth-order valence-electron chi connectivity index (χ4n) is 9.67. The molecule has 1 atom stereocenters. The van der Waals surface area contributed by atoms with Crippen LogP contribution < -0.4 is 0 Å². The van der Waals surface area contributed by atoms with Gasteiger partial charge in [-0.2, -0.15) is 0 Å². The van der Waals surface area contributed by atoms with Crippen LogP contribution in [0.3, 0.4) is 0 Å². The molecule has 0 fully saturated rings. The predicted octanol–water partition coefficient (Wildman–Crippen LogP) is 22.9. The van der Waals surface area contributed by atoms with Crippen LogP contribution in [0, 0.1) is 0 Å². The molecule has 0 radical (unpaired) electrons. The molecule has 0 heterocycles. The fraction of sp³-hybridized carbons (Fsp3) is 0.789. The molecule has 0 N–H and O–H groups in total. The van der Waals surface area contributed by atoms with Crippen molar-refractivity contribution in [3.8, 4) is 0 Å². The fourth-order valence-corrected chi connectivity index (χ4v) is 9.67. The van der Waals surface area contributed by atoms with Crippen molar-refractivity contribution in [2.24, 2.45) is 0 Å². The van der Waals surface area contributed by atoms with Crippen molar-refractivity contribution in [2.75, 3.05) is 13.2 Å². The van der Waals surface area contributed by atoms with E-state index in [2.05, 4.69) is 93.7 Å². The minimum atomic E-state index is -0.787. The first-order valence-electron chi connectivity index (χ1n) is 33.4. The number of ether oxygens (including phenoxy) is 3. The quantitative estimate of drug-likeness (QED) is 0.0261. The normalized spacial score (nSPS) is 12.5. The highest BCUT2D eigenvalue weighted by Gasteiger charge is 2.19. The van der Waals surface area contributed by atoms with E-state index in [1.165, 1.54) is 193 Å². The molecule has 0 aliphatic heterocycles. The highest BCUT2D eigenvalue weighted by molar-refractivity contribution is 5.71. The van der Waals surface area contributed by atoms with Crippen LogP contribution in [-0.2, 0) is 28.6 Å². The van der Waals surface area contributed by atoms with Gasteiger partial charge in [-0.1, -0.05) is 293 Å². The summed E-state index contributed by atoms with van der Waals surface area (Å²) < 4.78 is 16.9. The average molecular weight is 1080 g/mol. The lowest BCUT2D eigenvalue weighted by Gasteiger charge is -2.18. The van der Waals surface area contributed by atoms with Crippen LogP contribution in [0.2, 0.25) is 0 Å². The number of carbonyl (C=O) groups is 3. The number of unbranched alkanes of at least 4 members (excludes halogenated alkanes) is 38. The molecular formula is C71H126O6. The summed E-state index contributed by atoms with van der Waals surface area (Å²) in [4.78, 5) is 38.3. The van der Waals surface area contributed by atoms with Gasteiger partial charge in [0.15, 0.2) is 6.10 Å². The summed E-state index contributed by atoms with van der Waals surface area (Å²) in [6.07, 6.45) is 85.0. The maximum absolute atomic E-state index is 12.9. The van der Waals surface area contributed by atoms with Gasteiger partial charge in [-0.05, 0) is 103 Å². The number of allylic oxidation sites excluding steroid dienone is 12. The highest BCUT2D eigenvalue weighted by atomic mass is 16.6. The number of esters is 3. The lowest BCUT2D eigenvalue weighted by Crippen LogP contribution is -2.30. The molecule has 0 aromatic rings. The van der Waals surface area contributed by atoms with Crippen LogP contribution in [0.15, 0.2) is 72.9 Å². The Hall–Kier alpha value is -3.15. The average Bonchev–Trinajstić information content (AvgIpc) is 3.43. The lowest BCUT2D eigenvalue weighted by atomic mass is 10.0. The molecule has 0 aromatic carbocycles. The molecule has 0 aliphatic carbocycles. The van der Waals surface area contributed by atoms with E-state index < -0.39 is 6.10 Å². The molecule has 77 heavy (non-hydrogen) atoms. The third kappa shape index (κ3) is 63.6. The SMILES string of the molecule is CC/C=C\C/C=C\C/C=C\CCCCCCCCCC(=O)OC(COC(=O)CCCCCCC/C=C\C/C=C\CCC)COC(=O)CCCCCCCCCCCCCCCCCCC/C=C\CCCCCCCCCC. The lowest BCUT2D eigenvalue weighted by molar-refractivity contribution is -0.167. The van der Waals surface area contributed by atoms with Gasteiger partial charge in [0, 0.05) is 19.3 Å². The summed E-state index contributed by atoms with van der Waals surface area (Å²) in [7, 11) is 0. The minimum Gasteiger partial charge on any atom is -0.462 e. The number of carbonyl (C=O) groups excluding carboxylic acids is 3. The predicted molar refractivity (Wildman–Crippen MR) is 335 cm³/mol. The van der Waals surface area contributed by atoms with Gasteiger partial charge in [-0.25, -0.2) is 0 Å². The van der Waals surface area contributed by atoms with Crippen LogP contribution >= 0.6 is 0 Å². The molecule has 1 unspecified atom stereocenters. The summed E-state index contributed by atoms with van der Waals surface area (Å²) in [6, 6.07) is 0. The summed E-state index contributed by atoms with van der Waals surface area (Å²) >= 11 is 0. The Balaban J connectivity index is 4.21. The molecule has 0 spiro atoms. The Kier molecular flexibility index (Phi) is 62.7. The molecule has 0 bridgehead atoms. The van der Waals surface area contributed by atoms with Crippen molar-refractivity contribution in [3.63, 3.8) is 0 Å². The summed E-state index contributed by atoms with van der Waals surface area (Å²) in [5.41, 5.74) is 0. The Morgan fingerprint density at radius 1 is 0.273 bits per heavy atom. The zero-order chi connectivity index (χ0) is 55.7. The van der Waals surface area contributed by atoms with Crippen LogP contribution in [0.5, 0.6) is 0 Å². The second kappa shape index (κ2) is 65.4. The van der Waals surface area contributed by atoms with Crippen LogP contribution in [0.25, 0.3) is 0 Å². The van der Waals surface area contributed by atoms with Crippen LogP contribution in [0.1, 0.15) is 342 Å². The van der Waals surface area contributed by atoms with Gasteiger partial charge >= 0.3 is 17.9 Å². The van der Waals surface area contributed by atoms with Crippen molar-refractivity contribution < 1.29 is 28.6 Å². The summed E-state index contributed by atoms with van der Waals surface area (Å²) in [5, 5.41) is 0. The monoisotopic (exact) mass is 1070 g/mol. The van der Waals surface area contributed by atoms with E-state index in [9.17, 15) is 14.4 Å². The van der Waals surface area contributed by atoms with Crippen molar-refractivity contribution in [1.82, 2.24) is 0 Å². The van der Waals surface area contributed by atoms with E-state index in [0.717, 1.165) is 109 Å². The third-order valence-electron chi connectivity index (χ3n) is 14.6. The van der Waals surface area contributed by atoms with E-state index >= 15 is 0 Å². The van der Waals surface area contributed by atoms with Crippen LogP contribution in [-0.4, -0.2) is 37.2 Å². The van der Waals surface area contributed by atoms with Crippen molar-refractivity contribution in [3.05, 3.63) is 72.9 Å². The maximum Gasteiger partial charge on any atom is 0.306 e. The van der Waals surface area contributed by atoms with E-state index in [1.54, 1.807) is 0 Å². The highest BCUT2D eigenvalue weighted by Crippen LogP contribution is 2.17. The number of hydrogen-bond acceptors (Lipinski definition) is 6. The summed E-state index contributed by atoms with van der Waals surface area (Å²) in [6.45, 7) is 6.48. The molecule has 0 aliphatic rings. The van der Waals surface area contributed by atoms with Gasteiger partial charge < -0.3 is 14.2 Å². The Labute approximate surface area is 478 Å². The standard InChI is InChI=1S/C71H126O6/c1-4-7-10-13-16-19-22-25-27-29-30-31-32-33-34-35-36-37-38-39-40-42-43-46-49-52-55-58-61-64-70(73)76-67-68(66-75-69(72)63-60-57-54-51-48-45-24-21-18-15-12-9-6-3)77-71(74)65-62-59-56-53-50-47-44-41-28-26-23-20-17-14-11-8-5-2/h8,11-12,15,17,20-21,24,26,28-30,68H,4-7,9-10,13-14,16,18-19,22-23,25,27,31-67H2,1-3H3/b11-8-,15-12-,20-17-,24-21-,28-26-,30-29-. The molecule has 446 valence electrons. The first-order valence-corrected chi connectivity index (χ1v) is 33.4. The first kappa shape index (κ1) is 73.8. The van der Waals surface area contributed by atoms with E-state index in [4.69, 9.17) is 14.2 Å². The van der Waals surface area contributed by atoms with Crippen molar-refractivity contribution >= 4 is 17.9 Å². The van der Waals surface area contributed by atoms with E-state index in [-0.39, 0.29) is 31.1 Å². The van der Waals surface area contributed by atoms with E-state index in [0.29, 0.717) is 19.3 Å². The van der Waals surface area contributed by atoms with Crippen molar-refractivity contribution in [1.29, 1.82) is 0 Å². The largest absolute Gasteiger partial charge is 0.462 e. The molecular weight excluding hydrogens is 949 g/mol. The van der Waals surface area contributed by atoms with Gasteiger partial charge in [0.2, 0.25) is 0 Å². The minimum absolute atomic E-state index is 0.0817. The molecule has 6 nitrogen and oxygen atoms in total. The van der Waals surface area contributed by atoms with Gasteiger partial charge in [-0.3, -0.25) is 14.4 Å². The molecule has 0 aromatic heterocycles. The topological polar surface area (TPSA) is 78.9 Å². The Morgan fingerprint density at radius 3 is 0.857 bits per heavy atom. The Morgan fingerprint density at radius 2 is 0.532 bits per heavy atom. The molecule has 6 heteroatoms. The zero-order valence-electron chi connectivity index (χ0n) is 51.2.